The van der Waals surface area contributed by atoms with Gasteiger partial charge in [-0.25, -0.2) is 0 Å². The molecule has 2 rings (SSSR count). The Labute approximate surface area is 61.9 Å². The van der Waals surface area contributed by atoms with Gasteiger partial charge in [-0.05, 0) is 38.6 Å². The van der Waals surface area contributed by atoms with E-state index in [2.05, 4.69) is 5.32 Å². The number of hydrogen-bond acceptors (Lipinski definition) is 2. The van der Waals surface area contributed by atoms with Gasteiger partial charge in [0.2, 0.25) is 0 Å². The zero-order valence-electron chi connectivity index (χ0n) is 6.36. The van der Waals surface area contributed by atoms with Gasteiger partial charge >= 0.3 is 0 Å². The second-order valence-corrected chi connectivity index (χ2v) is 3.33. The molecule has 2 saturated heterocycles. The highest BCUT2D eigenvalue weighted by Crippen LogP contribution is 2.29. The Morgan fingerprint density at radius 2 is 2.00 bits per heavy atom. The molecule has 0 radical (unpaired) electrons. The lowest BCUT2D eigenvalue weighted by molar-refractivity contribution is -0.0886. The van der Waals surface area contributed by atoms with Crippen molar-refractivity contribution in [1.29, 1.82) is 0 Å². The summed E-state index contributed by atoms with van der Waals surface area (Å²) in [5.41, 5.74) is 0.123. The Kier molecular flexibility index (Phi) is 1.66. The van der Waals surface area contributed by atoms with Crippen molar-refractivity contribution in [3.63, 3.8) is 0 Å². The van der Waals surface area contributed by atoms with E-state index in [0.29, 0.717) is 0 Å². The lowest BCUT2D eigenvalue weighted by atomic mass is 10.0. The smallest absolute Gasteiger partial charge is 0.119 e. The number of nitrogens with one attached hydrogen (secondary N) is 1. The van der Waals surface area contributed by atoms with Crippen molar-refractivity contribution < 1.29 is 4.74 Å². The summed E-state index contributed by atoms with van der Waals surface area (Å²) in [6.07, 6.45) is 6.34. The summed E-state index contributed by atoms with van der Waals surface area (Å²) in [7, 11) is 0. The Hall–Kier alpha value is -0.0800. The highest BCUT2D eigenvalue weighted by molar-refractivity contribution is 4.86. The topological polar surface area (TPSA) is 21.3 Å². The Morgan fingerprint density at radius 3 is 2.60 bits per heavy atom. The first-order valence-corrected chi connectivity index (χ1v) is 4.30. The van der Waals surface area contributed by atoms with Crippen LogP contribution in [0, 0.1) is 0 Å². The second-order valence-electron chi connectivity index (χ2n) is 3.33. The molecule has 0 aliphatic carbocycles. The van der Waals surface area contributed by atoms with Gasteiger partial charge in [0.05, 0.1) is 0 Å². The predicted octanol–water partition coefficient (Wildman–Crippen LogP) is 1.27. The normalized spacial score (nSPS) is 40.8. The van der Waals surface area contributed by atoms with Gasteiger partial charge in [-0.15, -0.1) is 0 Å². The van der Waals surface area contributed by atoms with E-state index >= 15 is 0 Å². The minimum Gasteiger partial charge on any atom is -0.361 e. The summed E-state index contributed by atoms with van der Waals surface area (Å²) in [4.78, 5) is 0. The van der Waals surface area contributed by atoms with Gasteiger partial charge in [-0.2, -0.15) is 0 Å². The van der Waals surface area contributed by atoms with Crippen molar-refractivity contribution >= 4 is 0 Å². The lowest BCUT2D eigenvalue weighted by Gasteiger charge is -2.33. The zero-order valence-corrected chi connectivity index (χ0v) is 6.36. The molecular weight excluding hydrogens is 126 g/mol. The number of hydrogen-bond donors (Lipinski definition) is 1. The second kappa shape index (κ2) is 2.51. The molecule has 2 heteroatoms. The van der Waals surface area contributed by atoms with Crippen LogP contribution in [0.4, 0.5) is 0 Å². The van der Waals surface area contributed by atoms with Crippen LogP contribution < -0.4 is 5.32 Å². The van der Waals surface area contributed by atoms with Crippen LogP contribution in [0.25, 0.3) is 0 Å². The molecule has 0 amide bonds. The van der Waals surface area contributed by atoms with E-state index in [9.17, 15) is 0 Å². The first-order chi connectivity index (χ1) is 4.91. The average molecular weight is 141 g/mol. The SMILES string of the molecule is C1CCC2(CCCN2)OC1. The van der Waals surface area contributed by atoms with Crippen molar-refractivity contribution in [2.45, 2.75) is 37.8 Å². The summed E-state index contributed by atoms with van der Waals surface area (Å²) >= 11 is 0. The average Bonchev–Trinajstić information content (AvgIpc) is 2.39. The van der Waals surface area contributed by atoms with E-state index in [-0.39, 0.29) is 5.72 Å². The Balaban J connectivity index is 1.98. The molecule has 2 heterocycles. The van der Waals surface area contributed by atoms with Gasteiger partial charge in [-0.3, -0.25) is 5.32 Å². The molecule has 58 valence electrons. The summed E-state index contributed by atoms with van der Waals surface area (Å²) in [6, 6.07) is 0. The molecule has 1 atom stereocenters. The highest BCUT2D eigenvalue weighted by Gasteiger charge is 2.35. The molecule has 0 aromatic carbocycles. The fraction of sp³-hybridized carbons (Fsp3) is 1.00. The van der Waals surface area contributed by atoms with Gasteiger partial charge in [-0.1, -0.05) is 0 Å². The summed E-state index contributed by atoms with van der Waals surface area (Å²) in [5.74, 6) is 0. The summed E-state index contributed by atoms with van der Waals surface area (Å²) in [5, 5.41) is 3.45. The zero-order chi connectivity index (χ0) is 6.86. The Bertz CT molecular complexity index is 110. The maximum atomic E-state index is 5.72. The molecule has 0 aromatic rings. The van der Waals surface area contributed by atoms with E-state index in [4.69, 9.17) is 4.74 Å². The van der Waals surface area contributed by atoms with E-state index < -0.39 is 0 Å². The van der Waals surface area contributed by atoms with Crippen molar-refractivity contribution in [2.24, 2.45) is 0 Å². The molecule has 2 aliphatic heterocycles. The van der Waals surface area contributed by atoms with Crippen LogP contribution in [-0.2, 0) is 4.74 Å². The fourth-order valence-corrected chi connectivity index (χ4v) is 1.97. The summed E-state index contributed by atoms with van der Waals surface area (Å²) < 4.78 is 5.72. The van der Waals surface area contributed by atoms with Crippen LogP contribution in [-0.4, -0.2) is 18.9 Å². The largest absolute Gasteiger partial charge is 0.361 e. The van der Waals surface area contributed by atoms with E-state index in [1.807, 2.05) is 0 Å². The van der Waals surface area contributed by atoms with Crippen LogP contribution in [0.2, 0.25) is 0 Å². The molecule has 0 aromatic heterocycles. The van der Waals surface area contributed by atoms with Crippen LogP contribution in [0.5, 0.6) is 0 Å². The van der Waals surface area contributed by atoms with Crippen molar-refractivity contribution in [2.75, 3.05) is 13.2 Å². The highest BCUT2D eigenvalue weighted by atomic mass is 16.5. The van der Waals surface area contributed by atoms with Gasteiger partial charge < -0.3 is 4.74 Å². The molecule has 10 heavy (non-hydrogen) atoms. The molecular formula is C8H15NO. The molecule has 0 bridgehead atoms. The van der Waals surface area contributed by atoms with Crippen molar-refractivity contribution in [3.8, 4) is 0 Å². The minimum atomic E-state index is 0.123. The molecule has 2 fully saturated rings. The molecule has 2 nitrogen and oxygen atoms in total. The molecule has 1 spiro atoms. The molecule has 0 saturated carbocycles. The van der Waals surface area contributed by atoms with Gasteiger partial charge in [0.25, 0.3) is 0 Å². The fourth-order valence-electron chi connectivity index (χ4n) is 1.97. The van der Waals surface area contributed by atoms with E-state index in [1.54, 1.807) is 0 Å². The molecule has 2 aliphatic rings. The van der Waals surface area contributed by atoms with Crippen LogP contribution in [0.1, 0.15) is 32.1 Å². The van der Waals surface area contributed by atoms with E-state index in [1.165, 1.54) is 32.1 Å². The maximum absolute atomic E-state index is 5.72. The lowest BCUT2D eigenvalue weighted by Crippen LogP contribution is -2.44. The predicted molar refractivity (Wildman–Crippen MR) is 39.8 cm³/mol. The third kappa shape index (κ3) is 1.06. The molecule has 1 unspecified atom stereocenters. The van der Waals surface area contributed by atoms with Gasteiger partial charge in [0.15, 0.2) is 0 Å². The van der Waals surface area contributed by atoms with Crippen molar-refractivity contribution in [3.05, 3.63) is 0 Å². The van der Waals surface area contributed by atoms with Crippen LogP contribution >= 0.6 is 0 Å². The summed E-state index contributed by atoms with van der Waals surface area (Å²) in [6.45, 7) is 2.12. The van der Waals surface area contributed by atoms with Crippen LogP contribution in [0.3, 0.4) is 0 Å². The quantitative estimate of drug-likeness (QED) is 0.548. The standard InChI is InChI=1S/C8H15NO/c1-2-7-10-8(4-1)5-3-6-9-8/h9H,1-7H2. The molecule has 1 N–H and O–H groups in total. The third-order valence-electron chi connectivity index (χ3n) is 2.56. The van der Waals surface area contributed by atoms with Crippen molar-refractivity contribution in [1.82, 2.24) is 5.32 Å². The van der Waals surface area contributed by atoms with Crippen LogP contribution in [0.15, 0.2) is 0 Å². The van der Waals surface area contributed by atoms with Gasteiger partial charge in [0.1, 0.15) is 5.72 Å². The number of ether oxygens (including phenoxy) is 1. The third-order valence-corrected chi connectivity index (χ3v) is 2.56. The maximum Gasteiger partial charge on any atom is 0.119 e. The first kappa shape index (κ1) is 6.62. The number of rotatable bonds is 0. The monoisotopic (exact) mass is 141 g/mol. The van der Waals surface area contributed by atoms with Gasteiger partial charge in [0, 0.05) is 6.61 Å². The van der Waals surface area contributed by atoms with E-state index in [0.717, 1.165) is 13.2 Å². The minimum absolute atomic E-state index is 0.123. The Morgan fingerprint density at radius 1 is 1.10 bits per heavy atom. The first-order valence-electron chi connectivity index (χ1n) is 4.30.